The highest BCUT2D eigenvalue weighted by molar-refractivity contribution is 5.53. The molecule has 25 heavy (non-hydrogen) atoms. The number of rotatable bonds is 6. The van der Waals surface area contributed by atoms with E-state index in [-0.39, 0.29) is 17.8 Å². The van der Waals surface area contributed by atoms with Crippen molar-refractivity contribution in [3.05, 3.63) is 47.4 Å². The Hall–Kier alpha value is -2.50. The monoisotopic (exact) mass is 340 g/mol. The molecule has 0 amide bonds. The quantitative estimate of drug-likeness (QED) is 0.646. The van der Waals surface area contributed by atoms with Crippen molar-refractivity contribution in [1.29, 1.82) is 0 Å². The lowest BCUT2D eigenvalue weighted by Gasteiger charge is -2.07. The van der Waals surface area contributed by atoms with Crippen molar-refractivity contribution in [1.82, 2.24) is 20.3 Å². The summed E-state index contributed by atoms with van der Waals surface area (Å²) >= 11 is 0. The second-order valence-corrected chi connectivity index (χ2v) is 7.06. The summed E-state index contributed by atoms with van der Waals surface area (Å²) in [5.74, 6) is 3.42. The molecule has 0 N–H and O–H groups in total. The Morgan fingerprint density at radius 1 is 0.800 bits per heavy atom. The molecule has 0 saturated carbocycles. The van der Waals surface area contributed by atoms with Crippen LogP contribution in [0.3, 0.4) is 0 Å². The van der Waals surface area contributed by atoms with E-state index in [1.54, 1.807) is 0 Å². The second kappa shape index (κ2) is 7.17. The topological polar surface area (TPSA) is 77.8 Å². The van der Waals surface area contributed by atoms with E-state index in [0.29, 0.717) is 11.8 Å². The van der Waals surface area contributed by atoms with Gasteiger partial charge in [-0.3, -0.25) is 0 Å². The maximum Gasteiger partial charge on any atom is 0.257 e. The molecule has 0 spiro atoms. The van der Waals surface area contributed by atoms with Gasteiger partial charge in [0.1, 0.15) is 0 Å². The van der Waals surface area contributed by atoms with Crippen LogP contribution in [0.5, 0.6) is 0 Å². The summed E-state index contributed by atoms with van der Waals surface area (Å²) in [6, 6.07) is 8.17. The van der Waals surface area contributed by atoms with Crippen LogP contribution in [0.4, 0.5) is 0 Å². The van der Waals surface area contributed by atoms with Gasteiger partial charge in [0.25, 0.3) is 5.89 Å². The smallest absolute Gasteiger partial charge is 0.257 e. The summed E-state index contributed by atoms with van der Waals surface area (Å²) in [6.07, 6.45) is 0.846. The maximum atomic E-state index is 5.33. The molecular formula is C19H24N4O2. The van der Waals surface area contributed by atoms with Gasteiger partial charge in [-0.1, -0.05) is 57.1 Å². The molecule has 0 aliphatic heterocycles. The summed E-state index contributed by atoms with van der Waals surface area (Å²) in [5.41, 5.74) is 2.13. The number of hydrogen-bond donors (Lipinski definition) is 0. The molecule has 0 aliphatic carbocycles. The van der Waals surface area contributed by atoms with E-state index in [1.807, 2.05) is 39.8 Å². The normalized spacial score (nSPS) is 12.9. The fraction of sp³-hybridized carbons (Fsp3) is 0.474. The van der Waals surface area contributed by atoms with Gasteiger partial charge >= 0.3 is 0 Å². The molecule has 1 unspecified atom stereocenters. The van der Waals surface area contributed by atoms with Gasteiger partial charge in [-0.2, -0.15) is 9.97 Å². The summed E-state index contributed by atoms with van der Waals surface area (Å²) in [5, 5.41) is 8.10. The van der Waals surface area contributed by atoms with Gasteiger partial charge in [-0.05, 0) is 24.1 Å². The Bertz CT molecular complexity index is 818. The maximum absolute atomic E-state index is 5.33. The molecule has 0 bridgehead atoms. The van der Waals surface area contributed by atoms with Crippen LogP contribution < -0.4 is 0 Å². The molecule has 0 aliphatic rings. The molecule has 3 aromatic rings. The van der Waals surface area contributed by atoms with E-state index >= 15 is 0 Å². The Labute approximate surface area is 147 Å². The summed E-state index contributed by atoms with van der Waals surface area (Å²) < 4.78 is 10.6. The first-order valence-corrected chi connectivity index (χ1v) is 8.70. The highest BCUT2D eigenvalue weighted by atomic mass is 16.5. The Morgan fingerprint density at radius 3 is 2.04 bits per heavy atom. The van der Waals surface area contributed by atoms with E-state index in [9.17, 15) is 0 Å². The third-order valence-electron chi connectivity index (χ3n) is 4.09. The van der Waals surface area contributed by atoms with Gasteiger partial charge in [-0.25, -0.2) is 0 Å². The van der Waals surface area contributed by atoms with Gasteiger partial charge in [0, 0.05) is 23.3 Å². The van der Waals surface area contributed by atoms with E-state index < -0.39 is 0 Å². The van der Waals surface area contributed by atoms with E-state index in [2.05, 4.69) is 39.3 Å². The van der Waals surface area contributed by atoms with Crippen LogP contribution in [-0.2, 0) is 6.42 Å². The molecule has 6 nitrogen and oxygen atoms in total. The molecule has 2 heterocycles. The first kappa shape index (κ1) is 17.3. The Kier molecular flexibility index (Phi) is 4.97. The zero-order valence-corrected chi connectivity index (χ0v) is 15.4. The minimum absolute atomic E-state index is 0.193. The first-order valence-electron chi connectivity index (χ1n) is 8.70. The van der Waals surface area contributed by atoms with Crippen molar-refractivity contribution in [3.63, 3.8) is 0 Å². The van der Waals surface area contributed by atoms with E-state index in [0.717, 1.165) is 23.6 Å². The van der Waals surface area contributed by atoms with Crippen molar-refractivity contribution < 1.29 is 9.05 Å². The first-order chi connectivity index (χ1) is 11.9. The van der Waals surface area contributed by atoms with Crippen LogP contribution in [0.1, 0.15) is 75.5 Å². The third-order valence-corrected chi connectivity index (χ3v) is 4.09. The molecule has 1 aromatic carbocycles. The lowest BCUT2D eigenvalue weighted by Crippen LogP contribution is -2.01. The highest BCUT2D eigenvalue weighted by Gasteiger charge is 2.17. The third kappa shape index (κ3) is 3.95. The molecular weight excluding hydrogens is 316 g/mol. The molecule has 0 saturated heterocycles. The van der Waals surface area contributed by atoms with Crippen molar-refractivity contribution in [3.8, 4) is 11.5 Å². The van der Waals surface area contributed by atoms with Gasteiger partial charge in [0.05, 0.1) is 0 Å². The highest BCUT2D eigenvalue weighted by Crippen LogP contribution is 2.24. The summed E-state index contributed by atoms with van der Waals surface area (Å²) in [6.45, 7) is 10.3. The molecule has 1 atom stereocenters. The largest absolute Gasteiger partial charge is 0.339 e. The zero-order valence-electron chi connectivity index (χ0n) is 15.4. The Balaban J connectivity index is 1.69. The van der Waals surface area contributed by atoms with Crippen molar-refractivity contribution in [2.45, 2.75) is 58.8 Å². The fourth-order valence-electron chi connectivity index (χ4n) is 2.50. The van der Waals surface area contributed by atoms with E-state index in [4.69, 9.17) is 9.05 Å². The van der Waals surface area contributed by atoms with Gasteiger partial charge in [-0.15, -0.1) is 0 Å². The van der Waals surface area contributed by atoms with Gasteiger partial charge in [0.15, 0.2) is 11.6 Å². The predicted octanol–water partition coefficient (Wildman–Crippen LogP) is 4.71. The summed E-state index contributed by atoms with van der Waals surface area (Å²) in [4.78, 5) is 8.91. The van der Waals surface area contributed by atoms with Crippen LogP contribution in [0, 0.1) is 0 Å². The zero-order chi connectivity index (χ0) is 18.0. The minimum atomic E-state index is 0.193. The lowest BCUT2D eigenvalue weighted by atomic mass is 9.99. The number of aromatic nitrogens is 4. The lowest BCUT2D eigenvalue weighted by molar-refractivity contribution is 0.358. The van der Waals surface area contributed by atoms with E-state index in [1.165, 1.54) is 5.56 Å². The average molecular weight is 340 g/mol. The standard InChI is InChI=1S/C19H24N4O2/c1-11(2)16-20-19(25-22-16)15-8-6-14(7-9-15)10-13(5)17-21-18(12(3)4)24-23-17/h6-9,11-13H,10H2,1-5H3. The van der Waals surface area contributed by atoms with Crippen LogP contribution in [0.2, 0.25) is 0 Å². The van der Waals surface area contributed by atoms with Crippen LogP contribution >= 0.6 is 0 Å². The second-order valence-electron chi connectivity index (χ2n) is 7.06. The molecule has 132 valence electrons. The average Bonchev–Trinajstić information content (AvgIpc) is 3.25. The van der Waals surface area contributed by atoms with Crippen LogP contribution in [-0.4, -0.2) is 20.3 Å². The van der Waals surface area contributed by atoms with Crippen molar-refractivity contribution >= 4 is 0 Å². The molecule has 0 radical (unpaired) electrons. The predicted molar refractivity (Wildman–Crippen MR) is 94.3 cm³/mol. The fourth-order valence-corrected chi connectivity index (χ4v) is 2.50. The molecule has 0 fully saturated rings. The minimum Gasteiger partial charge on any atom is -0.339 e. The van der Waals surface area contributed by atoms with Crippen molar-refractivity contribution in [2.75, 3.05) is 0 Å². The number of benzene rings is 1. The molecule has 2 aromatic heterocycles. The van der Waals surface area contributed by atoms with Crippen LogP contribution in [0.15, 0.2) is 33.3 Å². The van der Waals surface area contributed by atoms with Gasteiger partial charge in [0.2, 0.25) is 5.89 Å². The Morgan fingerprint density at radius 2 is 1.48 bits per heavy atom. The SMILES string of the molecule is CC(C)c1noc(-c2ccc(CC(C)c3noc(C(C)C)n3)cc2)n1. The summed E-state index contributed by atoms with van der Waals surface area (Å²) in [7, 11) is 0. The van der Waals surface area contributed by atoms with Crippen molar-refractivity contribution in [2.24, 2.45) is 0 Å². The molecule has 6 heteroatoms. The van der Waals surface area contributed by atoms with Crippen LogP contribution in [0.25, 0.3) is 11.5 Å². The number of nitrogens with zero attached hydrogens (tertiary/aromatic N) is 4. The van der Waals surface area contributed by atoms with Gasteiger partial charge < -0.3 is 9.05 Å². The molecule has 3 rings (SSSR count). The number of hydrogen-bond acceptors (Lipinski definition) is 6.